The topological polar surface area (TPSA) is 110 Å². The van der Waals surface area contributed by atoms with E-state index >= 15 is 0 Å². The Morgan fingerprint density at radius 3 is 1.89 bits per heavy atom. The molecule has 8 nitrogen and oxygen atoms in total. The molecule has 9 heteroatoms. The van der Waals surface area contributed by atoms with Gasteiger partial charge in [-0.25, -0.2) is 4.79 Å². The summed E-state index contributed by atoms with van der Waals surface area (Å²) in [5.74, 6) is -1.59. The van der Waals surface area contributed by atoms with Gasteiger partial charge in [0.15, 0.2) is 0 Å². The van der Waals surface area contributed by atoms with Crippen LogP contribution in [0.1, 0.15) is 35.6 Å². The Balaban J connectivity index is 1.44. The zero-order valence-electron chi connectivity index (χ0n) is 23.9. The fourth-order valence-electron chi connectivity index (χ4n) is 6.12. The quantitative estimate of drug-likeness (QED) is 0.0754. The minimum Gasteiger partial charge on any atom is -0.456 e. The standard InChI is InChI=1S/C35H30N2O6S/c1-23(38)31-29-21-30(32(36(29)33(31)39)34(40)43-22-24-17-19-28(20-18-24)37(41)42)44-35(25-11-5-2-6-12-25,26-13-7-3-8-14-26)27-15-9-4-10-16-27/h2-20,23,29,31,38H,21-22H2,1H3/t23-,29-,31-/m1/s1. The summed E-state index contributed by atoms with van der Waals surface area (Å²) in [5, 5.41) is 21.5. The first kappa shape index (κ1) is 29.3. The van der Waals surface area contributed by atoms with E-state index < -0.39 is 27.7 Å². The predicted octanol–water partition coefficient (Wildman–Crippen LogP) is 6.19. The third-order valence-electron chi connectivity index (χ3n) is 8.22. The molecule has 1 saturated heterocycles. The van der Waals surface area contributed by atoms with Gasteiger partial charge in [0.05, 0.1) is 27.7 Å². The molecule has 1 amide bonds. The molecule has 3 atom stereocenters. The Kier molecular flexibility index (Phi) is 8.07. The number of non-ortho nitro benzene ring substituents is 1. The molecule has 0 aliphatic carbocycles. The summed E-state index contributed by atoms with van der Waals surface area (Å²) >= 11 is 1.51. The molecule has 0 aromatic heterocycles. The van der Waals surface area contributed by atoms with Crippen LogP contribution in [-0.2, 0) is 25.7 Å². The number of aliphatic hydroxyl groups excluding tert-OH is 1. The average molecular weight is 607 g/mol. The zero-order valence-corrected chi connectivity index (χ0v) is 24.7. The maximum atomic E-state index is 13.9. The lowest BCUT2D eigenvalue weighted by Crippen LogP contribution is -2.61. The lowest BCUT2D eigenvalue weighted by molar-refractivity contribution is -0.384. The van der Waals surface area contributed by atoms with Crippen LogP contribution in [0.25, 0.3) is 0 Å². The smallest absolute Gasteiger partial charge is 0.356 e. The van der Waals surface area contributed by atoms with E-state index in [-0.39, 0.29) is 29.9 Å². The first-order chi connectivity index (χ1) is 21.3. The van der Waals surface area contributed by atoms with Gasteiger partial charge in [0.2, 0.25) is 5.91 Å². The number of carbonyl (C=O) groups is 2. The van der Waals surface area contributed by atoms with E-state index in [1.165, 1.54) is 40.9 Å². The van der Waals surface area contributed by atoms with Crippen molar-refractivity contribution in [2.45, 2.75) is 36.8 Å². The average Bonchev–Trinajstić information content (AvgIpc) is 3.37. The molecule has 0 bridgehead atoms. The second-order valence-electron chi connectivity index (χ2n) is 10.9. The molecule has 44 heavy (non-hydrogen) atoms. The van der Waals surface area contributed by atoms with Crippen LogP contribution in [0, 0.1) is 16.0 Å². The van der Waals surface area contributed by atoms with E-state index in [0.29, 0.717) is 16.9 Å². The molecule has 2 aliphatic heterocycles. The van der Waals surface area contributed by atoms with Crippen LogP contribution in [-0.4, -0.2) is 39.0 Å². The van der Waals surface area contributed by atoms with E-state index in [1.807, 2.05) is 54.6 Å². The number of esters is 1. The molecule has 0 saturated carbocycles. The van der Waals surface area contributed by atoms with E-state index in [4.69, 9.17) is 4.74 Å². The number of aliphatic hydroxyl groups is 1. The normalized spacial score (nSPS) is 18.4. The molecule has 4 aromatic carbocycles. The van der Waals surface area contributed by atoms with Crippen LogP contribution in [0.4, 0.5) is 5.69 Å². The molecule has 2 heterocycles. The SMILES string of the molecule is C[C@@H](O)[C@H]1C(=O)N2C(C(=O)OCc3ccc([N+](=O)[O-])cc3)=C(SC(c3ccccc3)(c3ccccc3)c3ccccc3)C[C@H]12. The Morgan fingerprint density at radius 2 is 1.43 bits per heavy atom. The van der Waals surface area contributed by atoms with Crippen molar-refractivity contribution in [1.82, 2.24) is 4.90 Å². The monoisotopic (exact) mass is 606 g/mol. The van der Waals surface area contributed by atoms with Crippen molar-refractivity contribution in [3.8, 4) is 0 Å². The van der Waals surface area contributed by atoms with Crippen LogP contribution in [0.3, 0.4) is 0 Å². The molecule has 0 radical (unpaired) electrons. The van der Waals surface area contributed by atoms with E-state index in [9.17, 15) is 24.8 Å². The van der Waals surface area contributed by atoms with Crippen molar-refractivity contribution in [1.29, 1.82) is 0 Å². The fraction of sp³-hybridized carbons (Fsp3) is 0.200. The highest BCUT2D eigenvalue weighted by atomic mass is 32.2. The number of nitrogens with zero attached hydrogens (tertiary/aromatic N) is 2. The summed E-state index contributed by atoms with van der Waals surface area (Å²) in [5.41, 5.74) is 3.70. The van der Waals surface area contributed by atoms with Crippen LogP contribution in [0.5, 0.6) is 0 Å². The molecule has 0 unspecified atom stereocenters. The molecule has 2 aliphatic rings. The second-order valence-corrected chi connectivity index (χ2v) is 12.2. The van der Waals surface area contributed by atoms with Gasteiger partial charge >= 0.3 is 5.97 Å². The van der Waals surface area contributed by atoms with Crippen molar-refractivity contribution >= 4 is 29.3 Å². The molecule has 0 spiro atoms. The summed E-state index contributed by atoms with van der Waals surface area (Å²) in [6.07, 6.45) is -0.477. The molecule has 6 rings (SSSR count). The van der Waals surface area contributed by atoms with Crippen molar-refractivity contribution in [2.75, 3.05) is 0 Å². The summed E-state index contributed by atoms with van der Waals surface area (Å²) in [6.45, 7) is 1.48. The largest absolute Gasteiger partial charge is 0.456 e. The van der Waals surface area contributed by atoms with Crippen molar-refractivity contribution in [2.24, 2.45) is 5.92 Å². The number of hydrogen-bond donors (Lipinski definition) is 1. The Hall–Kier alpha value is -4.73. The van der Waals surface area contributed by atoms with E-state index in [1.54, 1.807) is 6.92 Å². The zero-order chi connectivity index (χ0) is 30.8. The van der Waals surface area contributed by atoms with Gasteiger partial charge in [0, 0.05) is 23.5 Å². The lowest BCUT2D eigenvalue weighted by atomic mass is 9.83. The Bertz CT molecular complexity index is 1610. The molecule has 4 aromatic rings. The number of hydrogen-bond acceptors (Lipinski definition) is 7. The van der Waals surface area contributed by atoms with Crippen molar-refractivity contribution in [3.63, 3.8) is 0 Å². The Labute approximate surface area is 259 Å². The number of thioether (sulfide) groups is 1. The number of ether oxygens (including phenoxy) is 1. The summed E-state index contributed by atoms with van der Waals surface area (Å²) in [4.78, 5) is 39.9. The Morgan fingerprint density at radius 1 is 0.932 bits per heavy atom. The predicted molar refractivity (Wildman–Crippen MR) is 167 cm³/mol. The number of amides is 1. The number of β-lactam (4-membered cyclic amide) rings is 1. The minimum atomic E-state index is -0.868. The van der Waals surface area contributed by atoms with Gasteiger partial charge in [-0.05, 0) is 41.3 Å². The van der Waals surface area contributed by atoms with E-state index in [0.717, 1.165) is 16.7 Å². The number of fused-ring (bicyclic) bond motifs is 1. The van der Waals surface area contributed by atoms with Gasteiger partial charge in [-0.2, -0.15) is 0 Å². The van der Waals surface area contributed by atoms with Gasteiger partial charge in [-0.15, -0.1) is 11.8 Å². The van der Waals surface area contributed by atoms with Crippen LogP contribution in [0.2, 0.25) is 0 Å². The molecular formula is C35H30N2O6S. The lowest BCUT2D eigenvalue weighted by Gasteiger charge is -2.44. The maximum absolute atomic E-state index is 13.9. The number of nitro benzene ring substituents is 1. The number of carbonyl (C=O) groups excluding carboxylic acids is 2. The highest BCUT2D eigenvalue weighted by Crippen LogP contribution is 2.57. The molecule has 1 fully saturated rings. The van der Waals surface area contributed by atoms with Gasteiger partial charge in [0.1, 0.15) is 12.3 Å². The highest BCUT2D eigenvalue weighted by molar-refractivity contribution is 8.04. The van der Waals surface area contributed by atoms with Gasteiger partial charge in [-0.1, -0.05) is 91.0 Å². The third kappa shape index (κ3) is 5.18. The molecule has 1 N–H and O–H groups in total. The van der Waals surface area contributed by atoms with Crippen molar-refractivity contribution < 1.29 is 24.4 Å². The third-order valence-corrected chi connectivity index (χ3v) is 9.84. The first-order valence-corrected chi connectivity index (χ1v) is 15.1. The number of benzene rings is 4. The summed E-state index contributed by atoms with van der Waals surface area (Å²) in [7, 11) is 0. The number of nitro groups is 1. The fourth-order valence-corrected chi connectivity index (χ4v) is 7.79. The van der Waals surface area contributed by atoms with Gasteiger partial charge < -0.3 is 14.7 Å². The summed E-state index contributed by atoms with van der Waals surface area (Å²) < 4.78 is 4.95. The second kappa shape index (κ2) is 12.1. The van der Waals surface area contributed by atoms with Crippen molar-refractivity contribution in [3.05, 3.63) is 158 Å². The maximum Gasteiger partial charge on any atom is 0.356 e. The first-order valence-electron chi connectivity index (χ1n) is 14.3. The summed E-state index contributed by atoms with van der Waals surface area (Å²) in [6, 6.07) is 35.6. The molecular weight excluding hydrogens is 576 g/mol. The van der Waals surface area contributed by atoms with E-state index in [2.05, 4.69) is 36.4 Å². The highest BCUT2D eigenvalue weighted by Gasteiger charge is 2.58. The van der Waals surface area contributed by atoms with Crippen LogP contribution < -0.4 is 0 Å². The molecule has 222 valence electrons. The van der Waals surface area contributed by atoms with Gasteiger partial charge in [0.25, 0.3) is 5.69 Å². The van der Waals surface area contributed by atoms with Crippen LogP contribution in [0.15, 0.2) is 126 Å². The number of rotatable bonds is 10. The van der Waals surface area contributed by atoms with Crippen LogP contribution >= 0.6 is 11.8 Å². The minimum absolute atomic E-state index is 0.0606. The van der Waals surface area contributed by atoms with Gasteiger partial charge in [-0.3, -0.25) is 14.9 Å².